The molecule has 43 heavy (non-hydrogen) atoms. The third kappa shape index (κ3) is 6.51. The molecule has 1 heterocycles. The van der Waals surface area contributed by atoms with E-state index in [9.17, 15) is 18.0 Å². The largest absolute Gasteiger partial charge is 0.354 e. The highest BCUT2D eigenvalue weighted by Gasteiger charge is 2.36. The molecule has 0 saturated carbocycles. The van der Waals surface area contributed by atoms with Gasteiger partial charge in [-0.1, -0.05) is 90.8 Å². The van der Waals surface area contributed by atoms with Gasteiger partial charge >= 0.3 is 0 Å². The maximum Gasteiger partial charge on any atom is 0.265 e. The van der Waals surface area contributed by atoms with Crippen molar-refractivity contribution in [2.24, 2.45) is 0 Å². The number of nitrogens with zero attached hydrogens (tertiary/aromatic N) is 2. The van der Waals surface area contributed by atoms with Crippen LogP contribution in [0.4, 0.5) is 5.69 Å². The lowest BCUT2D eigenvalue weighted by Crippen LogP contribution is -2.50. The van der Waals surface area contributed by atoms with E-state index in [4.69, 9.17) is 23.2 Å². The fourth-order valence-corrected chi connectivity index (χ4v) is 7.76. The lowest BCUT2D eigenvalue weighted by atomic mass is 10.0. The molecule has 1 unspecified atom stereocenters. The van der Waals surface area contributed by atoms with E-state index in [1.165, 1.54) is 9.21 Å². The van der Waals surface area contributed by atoms with Crippen molar-refractivity contribution in [3.63, 3.8) is 0 Å². The number of amides is 2. The predicted molar refractivity (Wildman–Crippen MR) is 172 cm³/mol. The summed E-state index contributed by atoms with van der Waals surface area (Å²) in [6.07, 6.45) is 1.31. The summed E-state index contributed by atoms with van der Waals surface area (Å²) in [5.41, 5.74) is 2.06. The van der Waals surface area contributed by atoms with Crippen molar-refractivity contribution in [3.05, 3.63) is 106 Å². The summed E-state index contributed by atoms with van der Waals surface area (Å²) in [5.74, 6) is -0.567. The summed E-state index contributed by atoms with van der Waals surface area (Å²) in [6.45, 7) is 2.58. The molecule has 7 nitrogen and oxygen atoms in total. The first-order valence-electron chi connectivity index (χ1n) is 14.3. The Morgan fingerprint density at radius 1 is 0.907 bits per heavy atom. The SMILES string of the molecule is CCCNC(=O)C(Cc1ccccc1)N(Cc1c(Cl)cccc1Cl)C(=O)CCCN1c2cccc3cccc(c23)S1(=O)=O. The number of nitrogens with one attached hydrogen (secondary N) is 1. The molecule has 224 valence electrons. The van der Waals surface area contributed by atoms with E-state index in [0.717, 1.165) is 17.4 Å². The van der Waals surface area contributed by atoms with E-state index < -0.39 is 16.1 Å². The van der Waals surface area contributed by atoms with E-state index in [2.05, 4.69) is 5.32 Å². The lowest BCUT2D eigenvalue weighted by Gasteiger charge is -2.32. The van der Waals surface area contributed by atoms with Gasteiger partial charge in [-0.2, -0.15) is 0 Å². The number of carbonyl (C=O) groups is 2. The highest BCUT2D eigenvalue weighted by atomic mass is 35.5. The zero-order valence-corrected chi connectivity index (χ0v) is 26.1. The number of rotatable bonds is 12. The van der Waals surface area contributed by atoms with Gasteiger partial charge in [0.15, 0.2) is 0 Å². The highest BCUT2D eigenvalue weighted by molar-refractivity contribution is 7.93. The van der Waals surface area contributed by atoms with Crippen molar-refractivity contribution in [1.82, 2.24) is 10.2 Å². The molecule has 1 aliphatic rings. The Morgan fingerprint density at radius 3 is 2.28 bits per heavy atom. The maximum absolute atomic E-state index is 14.0. The molecule has 0 aromatic heterocycles. The van der Waals surface area contributed by atoms with Gasteiger partial charge in [-0.25, -0.2) is 8.42 Å². The molecule has 0 saturated heterocycles. The molecule has 5 rings (SSSR count). The maximum atomic E-state index is 14.0. The molecule has 0 spiro atoms. The number of benzene rings is 4. The van der Waals surface area contributed by atoms with Crippen LogP contribution in [-0.4, -0.2) is 44.3 Å². The summed E-state index contributed by atoms with van der Waals surface area (Å²) in [7, 11) is -3.75. The molecular weight excluding hydrogens is 605 g/mol. The minimum atomic E-state index is -3.75. The van der Waals surface area contributed by atoms with Crippen molar-refractivity contribution in [2.45, 2.75) is 50.1 Å². The van der Waals surface area contributed by atoms with Gasteiger partial charge in [0.05, 0.1) is 10.6 Å². The third-order valence-corrected chi connectivity index (χ3v) is 10.2. The van der Waals surface area contributed by atoms with Crippen LogP contribution in [0.3, 0.4) is 0 Å². The second-order valence-corrected chi connectivity index (χ2v) is 13.2. The van der Waals surface area contributed by atoms with Crippen LogP contribution in [0.1, 0.15) is 37.3 Å². The second kappa shape index (κ2) is 13.4. The topological polar surface area (TPSA) is 86.8 Å². The summed E-state index contributed by atoms with van der Waals surface area (Å²) < 4.78 is 28.3. The monoisotopic (exact) mass is 637 g/mol. The first-order chi connectivity index (χ1) is 20.7. The quantitative estimate of drug-likeness (QED) is 0.190. The minimum absolute atomic E-state index is 0.0206. The fourth-order valence-electron chi connectivity index (χ4n) is 5.49. The fraction of sp³-hybridized carbons (Fsp3) is 0.273. The zero-order chi connectivity index (χ0) is 30.6. The number of anilines is 1. The van der Waals surface area contributed by atoms with E-state index in [1.807, 2.05) is 55.5 Å². The van der Waals surface area contributed by atoms with Gasteiger partial charge in [0.1, 0.15) is 6.04 Å². The molecular formula is C33H33Cl2N3O4S. The lowest BCUT2D eigenvalue weighted by molar-refractivity contribution is -0.141. The van der Waals surface area contributed by atoms with Gasteiger partial charge in [0, 0.05) is 53.5 Å². The van der Waals surface area contributed by atoms with Crippen molar-refractivity contribution in [2.75, 3.05) is 17.4 Å². The molecule has 1 N–H and O–H groups in total. The van der Waals surface area contributed by atoms with Gasteiger partial charge in [-0.15, -0.1) is 0 Å². The zero-order valence-electron chi connectivity index (χ0n) is 23.8. The molecule has 0 bridgehead atoms. The normalized spacial score (nSPS) is 14.1. The van der Waals surface area contributed by atoms with Crippen molar-refractivity contribution in [3.8, 4) is 0 Å². The number of hydrogen-bond donors (Lipinski definition) is 1. The molecule has 0 radical (unpaired) electrons. The van der Waals surface area contributed by atoms with Crippen LogP contribution in [0, 0.1) is 0 Å². The first-order valence-corrected chi connectivity index (χ1v) is 16.5. The highest BCUT2D eigenvalue weighted by Crippen LogP contribution is 2.42. The van der Waals surface area contributed by atoms with Crippen LogP contribution in [0.5, 0.6) is 0 Å². The van der Waals surface area contributed by atoms with Crippen LogP contribution in [0.25, 0.3) is 10.8 Å². The number of carbonyl (C=O) groups excluding carboxylic acids is 2. The van der Waals surface area contributed by atoms with Crippen molar-refractivity contribution in [1.29, 1.82) is 0 Å². The average Bonchev–Trinajstić information content (AvgIpc) is 3.22. The Labute approximate surface area is 262 Å². The van der Waals surface area contributed by atoms with Gasteiger partial charge in [0.2, 0.25) is 11.8 Å². The van der Waals surface area contributed by atoms with Gasteiger partial charge in [0.25, 0.3) is 10.0 Å². The smallest absolute Gasteiger partial charge is 0.265 e. The van der Waals surface area contributed by atoms with E-state index in [0.29, 0.717) is 39.6 Å². The number of hydrogen-bond acceptors (Lipinski definition) is 4. The standard InChI is InChI=1S/C33H33Cl2N3O4S/c1-2-19-36-33(40)29(21-23-10-4-3-5-11-23)37(22-25-26(34)14-8-15-27(25)35)31(39)18-9-20-38-28-16-6-12-24-13-7-17-30(32(24)28)43(38,41)42/h3-8,10-17,29H,2,9,18-22H2,1H3,(H,36,40). The Balaban J connectivity index is 1.42. The molecule has 2 amide bonds. The van der Waals surface area contributed by atoms with Crippen LogP contribution in [-0.2, 0) is 32.6 Å². The Bertz CT molecular complexity index is 1720. The van der Waals surface area contributed by atoms with Crippen LogP contribution in [0.2, 0.25) is 10.0 Å². The van der Waals surface area contributed by atoms with Crippen LogP contribution >= 0.6 is 23.2 Å². The second-order valence-electron chi connectivity index (χ2n) is 10.5. The molecule has 4 aromatic rings. The average molecular weight is 639 g/mol. The summed E-state index contributed by atoms with van der Waals surface area (Å²) in [4.78, 5) is 29.4. The number of halogens is 2. The minimum Gasteiger partial charge on any atom is -0.354 e. The third-order valence-electron chi connectivity index (χ3n) is 7.64. The van der Waals surface area contributed by atoms with Gasteiger partial charge in [-0.05, 0) is 48.1 Å². The van der Waals surface area contributed by atoms with Gasteiger partial charge < -0.3 is 10.2 Å². The Hall–Kier alpha value is -3.59. The van der Waals surface area contributed by atoms with E-state index in [-0.39, 0.29) is 42.6 Å². The Morgan fingerprint density at radius 2 is 1.58 bits per heavy atom. The Kier molecular flexibility index (Phi) is 9.59. The summed E-state index contributed by atoms with van der Waals surface area (Å²) >= 11 is 13.0. The van der Waals surface area contributed by atoms with Crippen molar-refractivity contribution >= 4 is 61.5 Å². The molecule has 4 aromatic carbocycles. The van der Waals surface area contributed by atoms with Gasteiger partial charge in [-0.3, -0.25) is 13.9 Å². The van der Waals surface area contributed by atoms with Crippen molar-refractivity contribution < 1.29 is 18.0 Å². The summed E-state index contributed by atoms with van der Waals surface area (Å²) in [5, 5.41) is 5.28. The van der Waals surface area contributed by atoms with Crippen LogP contribution < -0.4 is 9.62 Å². The molecule has 0 aliphatic carbocycles. The van der Waals surface area contributed by atoms with E-state index >= 15 is 0 Å². The molecule has 1 atom stereocenters. The molecule has 1 aliphatic heterocycles. The van der Waals surface area contributed by atoms with Crippen LogP contribution in [0.15, 0.2) is 89.8 Å². The van der Waals surface area contributed by atoms with E-state index in [1.54, 1.807) is 36.4 Å². The summed E-state index contributed by atoms with van der Waals surface area (Å²) in [6, 6.07) is 24.6. The number of sulfonamides is 1. The molecule has 10 heteroatoms. The predicted octanol–water partition coefficient (Wildman–Crippen LogP) is 6.60. The molecule has 0 fully saturated rings. The first kappa shape index (κ1) is 30.9.